The van der Waals surface area contributed by atoms with Gasteiger partial charge in [-0.05, 0) is 5.56 Å². The van der Waals surface area contributed by atoms with E-state index in [0.29, 0.717) is 19.6 Å². The molecule has 1 amide bonds. The highest BCUT2D eigenvalue weighted by Crippen LogP contribution is 2.11. The van der Waals surface area contributed by atoms with Crippen molar-refractivity contribution in [1.82, 2.24) is 20.8 Å². The van der Waals surface area contributed by atoms with Gasteiger partial charge in [0.2, 0.25) is 0 Å². The van der Waals surface area contributed by atoms with Gasteiger partial charge in [-0.3, -0.25) is 24.9 Å². The van der Waals surface area contributed by atoms with E-state index in [9.17, 15) is 4.79 Å². The Morgan fingerprint density at radius 1 is 1.23 bits per heavy atom. The van der Waals surface area contributed by atoms with Crippen LogP contribution in [0.2, 0.25) is 0 Å². The van der Waals surface area contributed by atoms with Crippen molar-refractivity contribution in [2.75, 3.05) is 0 Å². The van der Waals surface area contributed by atoms with Crippen LogP contribution in [0.15, 0.2) is 42.7 Å². The molecule has 0 saturated carbocycles. The lowest BCUT2D eigenvalue weighted by Crippen LogP contribution is -2.48. The molecule has 22 heavy (non-hydrogen) atoms. The number of nitrogens with zero attached hydrogens (tertiary/aromatic N) is 2. The fraction of sp³-hybridized carbons (Fsp3) is 0.267. The number of nitrogens with one attached hydrogen (secondary N) is 2. The van der Waals surface area contributed by atoms with Crippen molar-refractivity contribution < 1.29 is 9.63 Å². The van der Waals surface area contributed by atoms with Gasteiger partial charge >= 0.3 is 0 Å². The molecule has 2 N–H and O–H groups in total. The molecule has 2 aromatic rings. The second kappa shape index (κ2) is 7.84. The summed E-state index contributed by atoms with van der Waals surface area (Å²) in [5.41, 5.74) is 5.24. The number of halogens is 1. The van der Waals surface area contributed by atoms with Crippen molar-refractivity contribution in [2.24, 2.45) is 0 Å². The van der Waals surface area contributed by atoms with Gasteiger partial charge in [0, 0.05) is 25.4 Å². The van der Waals surface area contributed by atoms with Gasteiger partial charge in [-0.15, -0.1) is 12.4 Å². The van der Waals surface area contributed by atoms with Gasteiger partial charge in [0.15, 0.2) is 0 Å². The number of amides is 1. The Kier molecular flexibility index (Phi) is 5.83. The quantitative estimate of drug-likeness (QED) is 0.827. The summed E-state index contributed by atoms with van der Waals surface area (Å²) in [4.78, 5) is 25.8. The molecule has 0 bridgehead atoms. The molecule has 1 aliphatic rings. The molecule has 1 aliphatic heterocycles. The van der Waals surface area contributed by atoms with Crippen LogP contribution in [-0.4, -0.2) is 21.9 Å². The number of carbonyl (C=O) groups is 1. The van der Waals surface area contributed by atoms with E-state index < -0.39 is 0 Å². The summed E-state index contributed by atoms with van der Waals surface area (Å²) >= 11 is 0. The first-order chi connectivity index (χ1) is 10.3. The topological polar surface area (TPSA) is 76.1 Å². The van der Waals surface area contributed by atoms with E-state index in [0.717, 1.165) is 17.0 Å². The zero-order valence-corrected chi connectivity index (χ0v) is 12.7. The summed E-state index contributed by atoms with van der Waals surface area (Å²) in [7, 11) is 0. The molecule has 0 aliphatic carbocycles. The average molecular weight is 321 g/mol. The maximum Gasteiger partial charge on any atom is 0.261 e. The first-order valence-electron chi connectivity index (χ1n) is 6.80. The largest absolute Gasteiger partial charge is 0.300 e. The summed E-state index contributed by atoms with van der Waals surface area (Å²) in [6, 6.07) is 9.34. The lowest BCUT2D eigenvalue weighted by Gasteiger charge is -2.23. The van der Waals surface area contributed by atoms with Gasteiger partial charge in [0.1, 0.15) is 0 Å². The highest BCUT2D eigenvalue weighted by molar-refractivity contribution is 5.85. The first kappa shape index (κ1) is 16.4. The van der Waals surface area contributed by atoms with E-state index in [1.807, 2.05) is 30.3 Å². The third-order valence-corrected chi connectivity index (χ3v) is 3.34. The third-order valence-electron chi connectivity index (χ3n) is 3.34. The Labute approximate surface area is 134 Å². The van der Waals surface area contributed by atoms with Crippen LogP contribution in [0.1, 0.15) is 17.0 Å². The minimum absolute atomic E-state index is 0. The fourth-order valence-corrected chi connectivity index (χ4v) is 2.22. The molecule has 116 valence electrons. The molecule has 3 rings (SSSR count). The lowest BCUT2D eigenvalue weighted by atomic mass is 10.0. The average Bonchev–Trinajstić information content (AvgIpc) is 2.55. The SMILES string of the molecule is Cl.O=C(NOCc1ccccc1)C1Cc2nccnc2CN1. The standard InChI is InChI=1S/C15H16N4O2.ClH/c20-15(19-21-10-11-4-2-1-3-5-11)13-8-12-14(9-18-13)17-7-6-16-12;/h1-7,13,18H,8-10H2,(H,19,20);1H. The van der Waals surface area contributed by atoms with E-state index in [-0.39, 0.29) is 24.4 Å². The van der Waals surface area contributed by atoms with Crippen LogP contribution in [0, 0.1) is 0 Å². The Morgan fingerprint density at radius 3 is 2.73 bits per heavy atom. The maximum atomic E-state index is 12.1. The lowest BCUT2D eigenvalue weighted by molar-refractivity contribution is -0.137. The molecule has 1 unspecified atom stereocenters. The van der Waals surface area contributed by atoms with Gasteiger partial charge in [0.05, 0.1) is 24.0 Å². The molecule has 7 heteroatoms. The zero-order chi connectivity index (χ0) is 14.5. The summed E-state index contributed by atoms with van der Waals surface area (Å²) in [6.07, 6.45) is 3.82. The molecule has 0 spiro atoms. The smallest absolute Gasteiger partial charge is 0.261 e. The monoisotopic (exact) mass is 320 g/mol. The molecule has 0 fully saturated rings. The predicted molar refractivity (Wildman–Crippen MR) is 83.0 cm³/mol. The Bertz CT molecular complexity index is 624. The molecule has 1 aromatic heterocycles. The molecule has 1 atom stereocenters. The van der Waals surface area contributed by atoms with Crippen molar-refractivity contribution in [3.8, 4) is 0 Å². The van der Waals surface area contributed by atoms with E-state index in [1.165, 1.54) is 0 Å². The number of fused-ring (bicyclic) bond motifs is 1. The number of aromatic nitrogens is 2. The van der Waals surface area contributed by atoms with Crippen molar-refractivity contribution in [2.45, 2.75) is 25.6 Å². The molecule has 1 aromatic carbocycles. The van der Waals surface area contributed by atoms with Gasteiger partial charge in [-0.25, -0.2) is 5.48 Å². The second-order valence-corrected chi connectivity index (χ2v) is 4.83. The number of benzene rings is 1. The predicted octanol–water partition coefficient (Wildman–Crippen LogP) is 1.16. The zero-order valence-electron chi connectivity index (χ0n) is 11.9. The molecule has 6 nitrogen and oxygen atoms in total. The molecule has 2 heterocycles. The summed E-state index contributed by atoms with van der Waals surface area (Å²) in [6.45, 7) is 0.885. The Balaban J connectivity index is 0.00000176. The third kappa shape index (κ3) is 4.00. The van der Waals surface area contributed by atoms with Gasteiger partial charge in [-0.1, -0.05) is 30.3 Å². The normalized spacial score (nSPS) is 16.3. The van der Waals surface area contributed by atoms with Crippen LogP contribution in [-0.2, 0) is 29.2 Å². The molecular formula is C15H17ClN4O2. The Hall–Kier alpha value is -2.02. The maximum absolute atomic E-state index is 12.1. The molecule has 0 saturated heterocycles. The highest BCUT2D eigenvalue weighted by Gasteiger charge is 2.25. The van der Waals surface area contributed by atoms with Crippen LogP contribution in [0.4, 0.5) is 0 Å². The van der Waals surface area contributed by atoms with E-state index in [4.69, 9.17) is 4.84 Å². The summed E-state index contributed by atoms with van der Waals surface area (Å²) < 4.78 is 0. The van der Waals surface area contributed by atoms with Gasteiger partial charge in [0.25, 0.3) is 5.91 Å². The number of hydroxylamine groups is 1. The van der Waals surface area contributed by atoms with E-state index in [2.05, 4.69) is 20.8 Å². The van der Waals surface area contributed by atoms with Crippen LogP contribution >= 0.6 is 12.4 Å². The van der Waals surface area contributed by atoms with E-state index in [1.54, 1.807) is 12.4 Å². The van der Waals surface area contributed by atoms with E-state index >= 15 is 0 Å². The summed E-state index contributed by atoms with van der Waals surface area (Å²) in [5.74, 6) is -0.192. The second-order valence-electron chi connectivity index (χ2n) is 4.83. The fourth-order valence-electron chi connectivity index (χ4n) is 2.22. The van der Waals surface area contributed by atoms with Crippen LogP contribution in [0.5, 0.6) is 0 Å². The van der Waals surface area contributed by atoms with Crippen LogP contribution in [0.25, 0.3) is 0 Å². The number of carbonyl (C=O) groups excluding carboxylic acids is 1. The summed E-state index contributed by atoms with van der Waals surface area (Å²) in [5, 5.41) is 3.13. The van der Waals surface area contributed by atoms with Crippen LogP contribution in [0.3, 0.4) is 0 Å². The Morgan fingerprint density at radius 2 is 1.95 bits per heavy atom. The first-order valence-corrected chi connectivity index (χ1v) is 6.80. The van der Waals surface area contributed by atoms with Crippen molar-refractivity contribution in [3.05, 3.63) is 59.7 Å². The molecular weight excluding hydrogens is 304 g/mol. The number of hydrogen-bond acceptors (Lipinski definition) is 5. The highest BCUT2D eigenvalue weighted by atomic mass is 35.5. The van der Waals surface area contributed by atoms with Gasteiger partial charge < -0.3 is 0 Å². The van der Waals surface area contributed by atoms with Crippen molar-refractivity contribution >= 4 is 18.3 Å². The minimum Gasteiger partial charge on any atom is -0.300 e. The minimum atomic E-state index is -0.343. The molecule has 0 radical (unpaired) electrons. The number of hydrogen-bond donors (Lipinski definition) is 2. The number of rotatable bonds is 4. The van der Waals surface area contributed by atoms with Crippen molar-refractivity contribution in [1.29, 1.82) is 0 Å². The van der Waals surface area contributed by atoms with Crippen molar-refractivity contribution in [3.63, 3.8) is 0 Å². The van der Waals surface area contributed by atoms with Gasteiger partial charge in [-0.2, -0.15) is 0 Å². The van der Waals surface area contributed by atoms with Crippen LogP contribution < -0.4 is 10.8 Å².